The SMILES string of the molecule is Cc1cc(-c2n[nH]c3ccc(-c4ccn(Cc5ccnc(C(F)(F)F)c5)c(=O)c4)cc23)ccn1. The van der Waals surface area contributed by atoms with E-state index in [0.717, 1.165) is 45.7 Å². The van der Waals surface area contributed by atoms with Crippen LogP contribution in [-0.4, -0.2) is 24.7 Å². The van der Waals surface area contributed by atoms with Crippen molar-refractivity contribution in [2.45, 2.75) is 19.6 Å². The summed E-state index contributed by atoms with van der Waals surface area (Å²) >= 11 is 0. The maximum Gasteiger partial charge on any atom is 0.433 e. The number of alkyl halides is 3. The topological polar surface area (TPSA) is 76.5 Å². The second-order valence-corrected chi connectivity index (χ2v) is 7.95. The fourth-order valence-corrected chi connectivity index (χ4v) is 3.85. The molecular weight excluding hydrogens is 443 g/mol. The van der Waals surface area contributed by atoms with E-state index in [4.69, 9.17) is 0 Å². The van der Waals surface area contributed by atoms with Gasteiger partial charge in [-0.15, -0.1) is 0 Å². The molecule has 5 rings (SSSR count). The van der Waals surface area contributed by atoms with Crippen LogP contribution in [0.3, 0.4) is 0 Å². The Balaban J connectivity index is 1.47. The van der Waals surface area contributed by atoms with E-state index in [1.165, 1.54) is 16.7 Å². The Morgan fingerprint density at radius 1 is 0.912 bits per heavy atom. The molecule has 1 N–H and O–H groups in total. The van der Waals surface area contributed by atoms with E-state index in [9.17, 15) is 18.0 Å². The van der Waals surface area contributed by atoms with Crippen molar-refractivity contribution in [2.75, 3.05) is 0 Å². The van der Waals surface area contributed by atoms with Crippen LogP contribution in [0.4, 0.5) is 13.2 Å². The largest absolute Gasteiger partial charge is 0.433 e. The lowest BCUT2D eigenvalue weighted by molar-refractivity contribution is -0.141. The van der Waals surface area contributed by atoms with Crippen molar-refractivity contribution in [3.63, 3.8) is 0 Å². The third kappa shape index (κ3) is 4.19. The normalized spacial score (nSPS) is 11.8. The second kappa shape index (κ2) is 8.26. The molecule has 5 aromatic rings. The van der Waals surface area contributed by atoms with Gasteiger partial charge in [0.05, 0.1) is 12.1 Å². The minimum Gasteiger partial charge on any atom is -0.311 e. The van der Waals surface area contributed by atoms with Gasteiger partial charge in [0.1, 0.15) is 11.4 Å². The first-order valence-corrected chi connectivity index (χ1v) is 10.4. The van der Waals surface area contributed by atoms with Crippen molar-refractivity contribution in [3.8, 4) is 22.4 Å². The van der Waals surface area contributed by atoms with Crippen LogP contribution < -0.4 is 5.56 Å². The summed E-state index contributed by atoms with van der Waals surface area (Å²) in [6.45, 7) is 1.92. The van der Waals surface area contributed by atoms with E-state index in [2.05, 4.69) is 20.2 Å². The van der Waals surface area contributed by atoms with Gasteiger partial charge < -0.3 is 4.57 Å². The molecule has 0 atom stereocenters. The van der Waals surface area contributed by atoms with Gasteiger partial charge in [0.15, 0.2) is 0 Å². The van der Waals surface area contributed by atoms with Crippen molar-refractivity contribution in [2.24, 2.45) is 0 Å². The molecule has 0 aliphatic rings. The molecule has 170 valence electrons. The van der Waals surface area contributed by atoms with E-state index in [-0.39, 0.29) is 12.1 Å². The summed E-state index contributed by atoms with van der Waals surface area (Å²) in [5.41, 5.74) is 4.03. The molecule has 0 fully saturated rings. The van der Waals surface area contributed by atoms with Crippen LogP contribution in [0.1, 0.15) is 17.0 Å². The summed E-state index contributed by atoms with van der Waals surface area (Å²) in [5.74, 6) is 0. The molecule has 0 aliphatic heterocycles. The van der Waals surface area contributed by atoms with Crippen molar-refractivity contribution in [1.82, 2.24) is 24.7 Å². The molecule has 0 amide bonds. The maximum atomic E-state index is 12.9. The smallest absolute Gasteiger partial charge is 0.311 e. The Kier molecular flexibility index (Phi) is 5.24. The van der Waals surface area contributed by atoms with Gasteiger partial charge in [0.25, 0.3) is 5.56 Å². The lowest BCUT2D eigenvalue weighted by Gasteiger charge is -2.10. The van der Waals surface area contributed by atoms with E-state index in [0.29, 0.717) is 11.1 Å². The van der Waals surface area contributed by atoms with Gasteiger partial charge in [-0.05, 0) is 66.1 Å². The summed E-state index contributed by atoms with van der Waals surface area (Å²) in [4.78, 5) is 20.3. The van der Waals surface area contributed by atoms with Crippen LogP contribution in [0, 0.1) is 6.92 Å². The van der Waals surface area contributed by atoms with Gasteiger partial charge in [0.2, 0.25) is 0 Å². The average molecular weight is 461 g/mol. The zero-order valence-corrected chi connectivity index (χ0v) is 18.0. The number of H-pyrrole nitrogens is 1. The predicted octanol–water partition coefficient (Wildman–Crippen LogP) is 5.22. The molecular formula is C25H18F3N5O. The fraction of sp³-hybridized carbons (Fsp3) is 0.120. The highest BCUT2D eigenvalue weighted by atomic mass is 19.4. The van der Waals surface area contributed by atoms with Crippen molar-refractivity contribution >= 4 is 10.9 Å². The molecule has 0 saturated heterocycles. The molecule has 4 heterocycles. The van der Waals surface area contributed by atoms with Crippen LogP contribution in [0.5, 0.6) is 0 Å². The van der Waals surface area contributed by atoms with Gasteiger partial charge in [-0.25, -0.2) is 0 Å². The van der Waals surface area contributed by atoms with Crippen LogP contribution >= 0.6 is 0 Å². The lowest BCUT2D eigenvalue weighted by atomic mass is 10.0. The first-order valence-electron chi connectivity index (χ1n) is 10.4. The highest BCUT2D eigenvalue weighted by molar-refractivity contribution is 5.95. The van der Waals surface area contributed by atoms with Crippen LogP contribution in [0.25, 0.3) is 33.3 Å². The molecule has 0 aliphatic carbocycles. The standard InChI is InChI=1S/C25H18F3N5O/c1-15-10-19(5-8-29-15)24-20-12-17(2-3-21(20)31-32-24)18-6-9-33(23(34)13-18)14-16-4-7-30-22(11-16)25(26,27)28/h2-13H,14H2,1H3,(H,31,32). The molecule has 0 unspecified atom stereocenters. The Labute approximate surface area is 191 Å². The molecule has 6 nitrogen and oxygen atoms in total. The number of rotatable bonds is 4. The number of fused-ring (bicyclic) bond motifs is 1. The predicted molar refractivity (Wildman–Crippen MR) is 122 cm³/mol. The minimum absolute atomic E-state index is 0.0109. The average Bonchev–Trinajstić information content (AvgIpc) is 3.23. The van der Waals surface area contributed by atoms with E-state index >= 15 is 0 Å². The molecule has 0 radical (unpaired) electrons. The van der Waals surface area contributed by atoms with Crippen LogP contribution in [-0.2, 0) is 12.7 Å². The monoisotopic (exact) mass is 461 g/mol. The third-order valence-electron chi connectivity index (χ3n) is 5.53. The number of hydrogen-bond acceptors (Lipinski definition) is 4. The van der Waals surface area contributed by atoms with Gasteiger partial charge in [-0.1, -0.05) is 6.07 Å². The number of nitrogens with one attached hydrogen (secondary N) is 1. The summed E-state index contributed by atoms with van der Waals surface area (Å²) < 4.78 is 40.2. The molecule has 0 bridgehead atoms. The maximum absolute atomic E-state index is 12.9. The summed E-state index contributed by atoms with van der Waals surface area (Å²) in [6, 6.07) is 15.2. The van der Waals surface area contributed by atoms with Crippen LogP contribution in [0.15, 0.2) is 78.0 Å². The Morgan fingerprint density at radius 2 is 1.71 bits per heavy atom. The Hall–Kier alpha value is -4.27. The van der Waals surface area contributed by atoms with E-state index in [1.807, 2.05) is 37.3 Å². The number of aromatic amines is 1. The van der Waals surface area contributed by atoms with E-state index in [1.54, 1.807) is 18.5 Å². The number of aromatic nitrogens is 5. The number of benzene rings is 1. The summed E-state index contributed by atoms with van der Waals surface area (Å²) in [6.07, 6.45) is -0.128. The zero-order chi connectivity index (χ0) is 23.9. The summed E-state index contributed by atoms with van der Waals surface area (Å²) in [5, 5.41) is 8.37. The lowest BCUT2D eigenvalue weighted by Crippen LogP contribution is -2.19. The highest BCUT2D eigenvalue weighted by Gasteiger charge is 2.32. The molecule has 34 heavy (non-hydrogen) atoms. The Morgan fingerprint density at radius 3 is 2.47 bits per heavy atom. The fourth-order valence-electron chi connectivity index (χ4n) is 3.85. The summed E-state index contributed by atoms with van der Waals surface area (Å²) in [7, 11) is 0. The number of nitrogens with zero attached hydrogens (tertiary/aromatic N) is 4. The van der Waals surface area contributed by atoms with Gasteiger partial charge in [-0.3, -0.25) is 19.9 Å². The van der Waals surface area contributed by atoms with Crippen molar-refractivity contribution in [1.29, 1.82) is 0 Å². The molecule has 0 spiro atoms. The second-order valence-electron chi connectivity index (χ2n) is 7.95. The number of halogens is 3. The van der Waals surface area contributed by atoms with E-state index < -0.39 is 11.9 Å². The molecule has 4 aromatic heterocycles. The number of hydrogen-bond donors (Lipinski definition) is 1. The number of aryl methyl sites for hydroxylation is 1. The van der Waals surface area contributed by atoms with Crippen LogP contribution in [0.2, 0.25) is 0 Å². The van der Waals surface area contributed by atoms with Gasteiger partial charge in [0, 0.05) is 41.3 Å². The van der Waals surface area contributed by atoms with Gasteiger partial charge >= 0.3 is 6.18 Å². The Bertz CT molecular complexity index is 1570. The zero-order valence-electron chi connectivity index (χ0n) is 18.0. The molecule has 1 aromatic carbocycles. The molecule has 9 heteroatoms. The quantitative estimate of drug-likeness (QED) is 0.398. The minimum atomic E-state index is -4.54. The molecule has 0 saturated carbocycles. The van der Waals surface area contributed by atoms with Gasteiger partial charge in [-0.2, -0.15) is 18.3 Å². The highest BCUT2D eigenvalue weighted by Crippen LogP contribution is 2.30. The van der Waals surface area contributed by atoms with Crippen molar-refractivity contribution in [3.05, 3.63) is 100 Å². The van der Waals surface area contributed by atoms with Crippen molar-refractivity contribution < 1.29 is 13.2 Å². The number of pyridine rings is 3. The first-order chi connectivity index (χ1) is 16.3. The first kappa shape index (κ1) is 21.6. The third-order valence-corrected chi connectivity index (χ3v) is 5.53.